The fourth-order valence-electron chi connectivity index (χ4n) is 1.27. The lowest BCUT2D eigenvalue weighted by atomic mass is 10.4. The molecule has 0 fully saturated rings. The SMILES string of the molecule is Clc1cc(Br)cnc1NCCn1ccnc1. The van der Waals surface area contributed by atoms with E-state index in [1.165, 1.54) is 0 Å². The van der Waals surface area contributed by atoms with Crippen LogP contribution in [0.4, 0.5) is 5.82 Å². The first-order chi connectivity index (χ1) is 7.75. The fourth-order valence-corrected chi connectivity index (χ4v) is 1.96. The Morgan fingerprint density at radius 3 is 3.06 bits per heavy atom. The Labute approximate surface area is 107 Å². The van der Waals surface area contributed by atoms with Gasteiger partial charge in [0.25, 0.3) is 0 Å². The van der Waals surface area contributed by atoms with Crippen LogP contribution < -0.4 is 5.32 Å². The molecule has 0 atom stereocenters. The number of hydrogen-bond donors (Lipinski definition) is 1. The second kappa shape index (κ2) is 5.32. The summed E-state index contributed by atoms with van der Waals surface area (Å²) in [7, 11) is 0. The number of hydrogen-bond acceptors (Lipinski definition) is 3. The van der Waals surface area contributed by atoms with E-state index in [2.05, 4.69) is 31.2 Å². The third-order valence-electron chi connectivity index (χ3n) is 2.03. The molecule has 2 rings (SSSR count). The first-order valence-electron chi connectivity index (χ1n) is 4.76. The van der Waals surface area contributed by atoms with Crippen LogP contribution in [0.2, 0.25) is 5.02 Å². The number of imidazole rings is 1. The van der Waals surface area contributed by atoms with Crippen LogP contribution in [0.3, 0.4) is 0 Å². The van der Waals surface area contributed by atoms with Crippen molar-refractivity contribution < 1.29 is 0 Å². The highest BCUT2D eigenvalue weighted by molar-refractivity contribution is 9.10. The molecular formula is C10H10BrClN4. The molecule has 1 N–H and O–H groups in total. The molecule has 0 bridgehead atoms. The van der Waals surface area contributed by atoms with Crippen LogP contribution >= 0.6 is 27.5 Å². The van der Waals surface area contributed by atoms with Gasteiger partial charge in [0.1, 0.15) is 5.82 Å². The molecule has 0 aliphatic rings. The predicted molar refractivity (Wildman–Crippen MR) is 67.7 cm³/mol. The summed E-state index contributed by atoms with van der Waals surface area (Å²) in [4.78, 5) is 8.15. The highest BCUT2D eigenvalue weighted by Gasteiger charge is 2.01. The van der Waals surface area contributed by atoms with Crippen LogP contribution in [0.15, 0.2) is 35.5 Å². The van der Waals surface area contributed by atoms with Gasteiger partial charge in [0.05, 0.1) is 11.3 Å². The zero-order valence-electron chi connectivity index (χ0n) is 8.40. The summed E-state index contributed by atoms with van der Waals surface area (Å²) in [5.74, 6) is 0.699. The first-order valence-corrected chi connectivity index (χ1v) is 5.93. The molecule has 0 aliphatic carbocycles. The number of halogens is 2. The normalized spacial score (nSPS) is 10.4. The first kappa shape index (κ1) is 11.4. The summed E-state index contributed by atoms with van der Waals surface area (Å²) < 4.78 is 2.86. The molecule has 0 saturated heterocycles. The van der Waals surface area contributed by atoms with Gasteiger partial charge in [0.15, 0.2) is 0 Å². The molecule has 0 saturated carbocycles. The van der Waals surface area contributed by atoms with Crippen LogP contribution in [-0.2, 0) is 6.54 Å². The van der Waals surface area contributed by atoms with Crippen molar-refractivity contribution in [3.05, 3.63) is 40.5 Å². The summed E-state index contributed by atoms with van der Waals surface area (Å²) in [6.45, 7) is 1.58. The van der Waals surface area contributed by atoms with Crippen LogP contribution in [0, 0.1) is 0 Å². The quantitative estimate of drug-likeness (QED) is 0.944. The van der Waals surface area contributed by atoms with E-state index in [0.29, 0.717) is 10.8 Å². The molecule has 2 aromatic rings. The van der Waals surface area contributed by atoms with E-state index < -0.39 is 0 Å². The van der Waals surface area contributed by atoms with E-state index in [4.69, 9.17) is 11.6 Å². The number of aromatic nitrogens is 3. The lowest BCUT2D eigenvalue weighted by Crippen LogP contribution is -2.10. The van der Waals surface area contributed by atoms with Crippen LogP contribution in [-0.4, -0.2) is 21.1 Å². The van der Waals surface area contributed by atoms with E-state index in [1.54, 1.807) is 18.7 Å². The van der Waals surface area contributed by atoms with Crippen molar-refractivity contribution in [2.75, 3.05) is 11.9 Å². The minimum Gasteiger partial charge on any atom is -0.367 e. The molecule has 0 aliphatic heterocycles. The van der Waals surface area contributed by atoms with Gasteiger partial charge >= 0.3 is 0 Å². The van der Waals surface area contributed by atoms with Crippen LogP contribution in [0.25, 0.3) is 0 Å². The van der Waals surface area contributed by atoms with Crippen LogP contribution in [0.5, 0.6) is 0 Å². The maximum Gasteiger partial charge on any atom is 0.144 e. The topological polar surface area (TPSA) is 42.7 Å². The largest absolute Gasteiger partial charge is 0.367 e. The highest BCUT2D eigenvalue weighted by atomic mass is 79.9. The van der Waals surface area contributed by atoms with Gasteiger partial charge in [-0.3, -0.25) is 0 Å². The third kappa shape index (κ3) is 2.96. The second-order valence-electron chi connectivity index (χ2n) is 3.21. The Hall–Kier alpha value is -1.07. The van der Waals surface area contributed by atoms with Crippen LogP contribution in [0.1, 0.15) is 0 Å². The van der Waals surface area contributed by atoms with Gasteiger partial charge in [-0.2, -0.15) is 0 Å². The van der Waals surface area contributed by atoms with Crippen molar-refractivity contribution in [1.29, 1.82) is 0 Å². The Balaban J connectivity index is 1.90. The Morgan fingerprint density at radius 1 is 1.50 bits per heavy atom. The molecule has 0 unspecified atom stereocenters. The van der Waals surface area contributed by atoms with E-state index in [-0.39, 0.29) is 0 Å². The van der Waals surface area contributed by atoms with E-state index >= 15 is 0 Å². The van der Waals surface area contributed by atoms with Gasteiger partial charge in [0, 0.05) is 36.2 Å². The Bertz CT molecular complexity index is 458. The van der Waals surface area contributed by atoms with Gasteiger partial charge in [-0.05, 0) is 22.0 Å². The van der Waals surface area contributed by atoms with E-state index in [0.717, 1.165) is 17.6 Å². The molecular weight excluding hydrogens is 291 g/mol. The van der Waals surface area contributed by atoms with Crippen molar-refractivity contribution in [2.45, 2.75) is 6.54 Å². The smallest absolute Gasteiger partial charge is 0.144 e. The summed E-state index contributed by atoms with van der Waals surface area (Å²) in [6.07, 6.45) is 7.16. The van der Waals surface area contributed by atoms with E-state index in [1.807, 2.05) is 16.8 Å². The molecule has 0 amide bonds. The highest BCUT2D eigenvalue weighted by Crippen LogP contribution is 2.22. The zero-order chi connectivity index (χ0) is 11.4. The lowest BCUT2D eigenvalue weighted by Gasteiger charge is -2.07. The number of rotatable bonds is 4. The standard InChI is InChI=1S/C10H10BrClN4/c11-8-5-9(12)10(15-6-8)14-2-4-16-3-1-13-7-16/h1,3,5-7H,2,4H2,(H,14,15). The zero-order valence-corrected chi connectivity index (χ0v) is 10.7. The van der Waals surface area contributed by atoms with E-state index in [9.17, 15) is 0 Å². The van der Waals surface area contributed by atoms with Crippen molar-refractivity contribution >= 4 is 33.3 Å². The Kier molecular flexibility index (Phi) is 3.79. The molecule has 0 spiro atoms. The molecule has 2 heterocycles. The predicted octanol–water partition coefficient (Wildman–Crippen LogP) is 2.81. The molecule has 0 radical (unpaired) electrons. The molecule has 6 heteroatoms. The number of pyridine rings is 1. The molecule has 4 nitrogen and oxygen atoms in total. The second-order valence-corrected chi connectivity index (χ2v) is 4.53. The lowest BCUT2D eigenvalue weighted by molar-refractivity contribution is 0.725. The Morgan fingerprint density at radius 2 is 2.38 bits per heavy atom. The molecule has 84 valence electrons. The average Bonchev–Trinajstić information content (AvgIpc) is 2.74. The van der Waals surface area contributed by atoms with Gasteiger partial charge < -0.3 is 9.88 Å². The summed E-state index contributed by atoms with van der Waals surface area (Å²) >= 11 is 9.32. The van der Waals surface area contributed by atoms with Crippen molar-refractivity contribution in [3.8, 4) is 0 Å². The number of nitrogens with zero attached hydrogens (tertiary/aromatic N) is 3. The molecule has 16 heavy (non-hydrogen) atoms. The van der Waals surface area contributed by atoms with Crippen molar-refractivity contribution in [1.82, 2.24) is 14.5 Å². The third-order valence-corrected chi connectivity index (χ3v) is 2.75. The van der Waals surface area contributed by atoms with Crippen molar-refractivity contribution in [3.63, 3.8) is 0 Å². The monoisotopic (exact) mass is 300 g/mol. The number of anilines is 1. The average molecular weight is 302 g/mol. The minimum atomic E-state index is 0.611. The fraction of sp³-hybridized carbons (Fsp3) is 0.200. The van der Waals surface area contributed by atoms with Gasteiger partial charge in [-0.25, -0.2) is 9.97 Å². The maximum absolute atomic E-state index is 6.02. The van der Waals surface area contributed by atoms with Gasteiger partial charge in [0.2, 0.25) is 0 Å². The molecule has 0 aromatic carbocycles. The van der Waals surface area contributed by atoms with Gasteiger partial charge in [-0.15, -0.1) is 0 Å². The molecule has 2 aromatic heterocycles. The summed E-state index contributed by atoms with van der Waals surface area (Å²) in [5.41, 5.74) is 0. The van der Waals surface area contributed by atoms with Crippen molar-refractivity contribution in [2.24, 2.45) is 0 Å². The summed E-state index contributed by atoms with van der Waals surface area (Å²) in [6, 6.07) is 1.81. The maximum atomic E-state index is 6.02. The van der Waals surface area contributed by atoms with Gasteiger partial charge in [-0.1, -0.05) is 11.6 Å². The minimum absolute atomic E-state index is 0.611. The summed E-state index contributed by atoms with van der Waals surface area (Å²) in [5, 5.41) is 3.78. The number of nitrogens with one attached hydrogen (secondary N) is 1.